The second-order valence-electron chi connectivity index (χ2n) is 2.39. The Labute approximate surface area is 59.2 Å². The van der Waals surface area contributed by atoms with E-state index in [2.05, 4.69) is 4.89 Å². The average molecular weight is 142 g/mol. The van der Waals surface area contributed by atoms with Gasteiger partial charge in [0.1, 0.15) is 0 Å². The topological polar surface area (TPSA) is 46.5 Å². The van der Waals surface area contributed by atoms with Gasteiger partial charge in [-0.05, 0) is 19.3 Å². The first kappa shape index (κ1) is 7.28. The summed E-state index contributed by atoms with van der Waals surface area (Å²) >= 11 is 0. The van der Waals surface area contributed by atoms with E-state index in [4.69, 9.17) is 5.26 Å². The summed E-state index contributed by atoms with van der Waals surface area (Å²) in [5, 5.41) is 8.01. The minimum Gasteiger partial charge on any atom is -0.301 e. The van der Waals surface area contributed by atoms with Crippen molar-refractivity contribution in [2.24, 2.45) is 5.92 Å². The van der Waals surface area contributed by atoms with Crippen LogP contribution in [0.2, 0.25) is 0 Å². The number of allylic oxidation sites excluding steroid dienone is 2. The highest BCUT2D eigenvalue weighted by Gasteiger charge is 2.19. The van der Waals surface area contributed by atoms with Gasteiger partial charge in [0.2, 0.25) is 0 Å². The molecule has 0 bridgehead atoms. The molecule has 0 aromatic carbocycles. The molecule has 0 heterocycles. The lowest BCUT2D eigenvalue weighted by Gasteiger charge is -2.12. The highest BCUT2D eigenvalue weighted by Crippen LogP contribution is 2.18. The second-order valence-corrected chi connectivity index (χ2v) is 2.39. The van der Waals surface area contributed by atoms with Crippen molar-refractivity contribution in [1.29, 1.82) is 0 Å². The van der Waals surface area contributed by atoms with Gasteiger partial charge in [0.25, 0.3) is 0 Å². The molecule has 0 radical (unpaired) electrons. The molecule has 1 rings (SSSR count). The van der Waals surface area contributed by atoms with E-state index in [0.717, 1.165) is 12.8 Å². The number of hydrogen-bond donors (Lipinski definition) is 1. The van der Waals surface area contributed by atoms with Gasteiger partial charge in [-0.15, -0.1) is 0 Å². The van der Waals surface area contributed by atoms with E-state index in [0.29, 0.717) is 6.42 Å². The van der Waals surface area contributed by atoms with Gasteiger partial charge in [-0.3, -0.25) is 0 Å². The second kappa shape index (κ2) is 3.37. The molecular weight excluding hydrogens is 132 g/mol. The van der Waals surface area contributed by atoms with Crippen LogP contribution in [-0.2, 0) is 9.68 Å². The summed E-state index contributed by atoms with van der Waals surface area (Å²) in [7, 11) is 0. The third-order valence-electron chi connectivity index (χ3n) is 1.69. The highest BCUT2D eigenvalue weighted by molar-refractivity contribution is 5.72. The molecule has 0 fully saturated rings. The Morgan fingerprint density at radius 1 is 1.60 bits per heavy atom. The van der Waals surface area contributed by atoms with Gasteiger partial charge in [-0.2, -0.15) is 5.26 Å². The summed E-state index contributed by atoms with van der Waals surface area (Å²) < 4.78 is 0. The highest BCUT2D eigenvalue weighted by atomic mass is 17.1. The lowest BCUT2D eigenvalue weighted by atomic mass is 9.95. The smallest absolute Gasteiger partial charge is 0.301 e. The molecule has 0 amide bonds. The fourth-order valence-electron chi connectivity index (χ4n) is 1.08. The monoisotopic (exact) mass is 142 g/mol. The van der Waals surface area contributed by atoms with E-state index in [9.17, 15) is 4.79 Å². The molecule has 3 heteroatoms. The van der Waals surface area contributed by atoms with E-state index in [-0.39, 0.29) is 5.92 Å². The van der Waals surface area contributed by atoms with Crippen molar-refractivity contribution < 1.29 is 14.9 Å². The van der Waals surface area contributed by atoms with Crippen LogP contribution in [0.4, 0.5) is 0 Å². The normalized spacial score (nSPS) is 24.3. The number of hydrogen-bond acceptors (Lipinski definition) is 3. The first-order valence-electron chi connectivity index (χ1n) is 3.35. The van der Waals surface area contributed by atoms with Crippen molar-refractivity contribution in [3.63, 3.8) is 0 Å². The molecule has 0 saturated heterocycles. The Hall–Kier alpha value is -0.830. The zero-order valence-electron chi connectivity index (χ0n) is 5.62. The SMILES string of the molecule is O=C(OO)C1CC=CCC1. The first-order valence-corrected chi connectivity index (χ1v) is 3.35. The largest absolute Gasteiger partial charge is 0.345 e. The molecule has 1 aliphatic carbocycles. The fourth-order valence-corrected chi connectivity index (χ4v) is 1.08. The van der Waals surface area contributed by atoms with E-state index in [1.807, 2.05) is 12.2 Å². The fraction of sp³-hybridized carbons (Fsp3) is 0.571. The zero-order chi connectivity index (χ0) is 7.40. The molecule has 1 aliphatic rings. The van der Waals surface area contributed by atoms with E-state index < -0.39 is 5.97 Å². The summed E-state index contributed by atoms with van der Waals surface area (Å²) in [4.78, 5) is 14.3. The maximum absolute atomic E-state index is 10.7. The lowest BCUT2D eigenvalue weighted by Crippen LogP contribution is -2.16. The number of carbonyl (C=O) groups excluding carboxylic acids is 1. The average Bonchev–Trinajstić information content (AvgIpc) is 2.05. The minimum absolute atomic E-state index is 0.130. The Kier molecular flexibility index (Phi) is 2.45. The third-order valence-corrected chi connectivity index (χ3v) is 1.69. The lowest BCUT2D eigenvalue weighted by molar-refractivity contribution is -0.239. The number of rotatable bonds is 1. The molecular formula is C7H10O3. The summed E-state index contributed by atoms with van der Waals surface area (Å²) in [6, 6.07) is 0. The summed E-state index contributed by atoms with van der Waals surface area (Å²) in [6.45, 7) is 0. The van der Waals surface area contributed by atoms with Gasteiger partial charge in [0, 0.05) is 0 Å². The molecule has 1 unspecified atom stereocenters. The molecule has 0 saturated carbocycles. The zero-order valence-corrected chi connectivity index (χ0v) is 5.62. The minimum atomic E-state index is -0.510. The van der Waals surface area contributed by atoms with Crippen LogP contribution in [0, 0.1) is 5.92 Å². The van der Waals surface area contributed by atoms with Crippen LogP contribution in [0.15, 0.2) is 12.2 Å². The Morgan fingerprint density at radius 3 is 2.90 bits per heavy atom. The molecule has 0 aromatic heterocycles. The van der Waals surface area contributed by atoms with E-state index in [1.165, 1.54) is 0 Å². The molecule has 56 valence electrons. The number of carbonyl (C=O) groups is 1. The van der Waals surface area contributed by atoms with Gasteiger partial charge >= 0.3 is 5.97 Å². The Bertz CT molecular complexity index is 151. The van der Waals surface area contributed by atoms with Gasteiger partial charge in [0.15, 0.2) is 0 Å². The summed E-state index contributed by atoms with van der Waals surface area (Å²) in [5.41, 5.74) is 0. The van der Waals surface area contributed by atoms with E-state index in [1.54, 1.807) is 0 Å². The Morgan fingerprint density at radius 2 is 2.40 bits per heavy atom. The van der Waals surface area contributed by atoms with Gasteiger partial charge in [0.05, 0.1) is 5.92 Å². The van der Waals surface area contributed by atoms with Gasteiger partial charge < -0.3 is 4.89 Å². The summed E-state index contributed by atoms with van der Waals surface area (Å²) in [6.07, 6.45) is 6.35. The van der Waals surface area contributed by atoms with Crippen molar-refractivity contribution in [2.45, 2.75) is 19.3 Å². The predicted molar refractivity (Wildman–Crippen MR) is 35.2 cm³/mol. The van der Waals surface area contributed by atoms with Crippen molar-refractivity contribution in [1.82, 2.24) is 0 Å². The molecule has 10 heavy (non-hydrogen) atoms. The quantitative estimate of drug-likeness (QED) is 0.341. The maximum Gasteiger partial charge on any atom is 0.345 e. The molecule has 1 atom stereocenters. The molecule has 0 spiro atoms. The van der Waals surface area contributed by atoms with Crippen LogP contribution in [0.3, 0.4) is 0 Å². The predicted octanol–water partition coefficient (Wildman–Crippen LogP) is 1.36. The van der Waals surface area contributed by atoms with Crippen molar-refractivity contribution in [2.75, 3.05) is 0 Å². The van der Waals surface area contributed by atoms with Crippen molar-refractivity contribution >= 4 is 5.97 Å². The first-order chi connectivity index (χ1) is 4.84. The van der Waals surface area contributed by atoms with Gasteiger partial charge in [-0.25, -0.2) is 4.79 Å². The summed E-state index contributed by atoms with van der Waals surface area (Å²) in [5.74, 6) is -0.639. The third kappa shape index (κ3) is 1.57. The maximum atomic E-state index is 10.7. The van der Waals surface area contributed by atoms with Crippen molar-refractivity contribution in [3.8, 4) is 0 Å². The Balaban J connectivity index is 2.41. The molecule has 3 nitrogen and oxygen atoms in total. The van der Waals surface area contributed by atoms with E-state index >= 15 is 0 Å². The van der Waals surface area contributed by atoms with Crippen LogP contribution < -0.4 is 0 Å². The van der Waals surface area contributed by atoms with Crippen molar-refractivity contribution in [3.05, 3.63) is 12.2 Å². The van der Waals surface area contributed by atoms with Gasteiger partial charge in [-0.1, -0.05) is 12.2 Å². The van der Waals surface area contributed by atoms with Crippen LogP contribution in [0.5, 0.6) is 0 Å². The molecule has 0 aliphatic heterocycles. The van der Waals surface area contributed by atoms with Crippen LogP contribution in [0.25, 0.3) is 0 Å². The van der Waals surface area contributed by atoms with Crippen LogP contribution in [0.1, 0.15) is 19.3 Å². The van der Waals surface area contributed by atoms with Crippen LogP contribution in [-0.4, -0.2) is 11.2 Å². The molecule has 1 N–H and O–H groups in total. The van der Waals surface area contributed by atoms with Crippen LogP contribution >= 0.6 is 0 Å². The molecule has 0 aromatic rings. The standard InChI is InChI=1S/C7H10O3/c8-7(10-9)6-4-2-1-3-5-6/h1-2,6,9H,3-5H2.